The first-order chi connectivity index (χ1) is 12.9. The zero-order valence-corrected chi connectivity index (χ0v) is 17.1. The number of aryl methyl sites for hydroxylation is 1. The van der Waals surface area contributed by atoms with E-state index in [4.69, 9.17) is 0 Å². The first kappa shape index (κ1) is 19.9. The van der Waals surface area contributed by atoms with Gasteiger partial charge in [0.15, 0.2) is 0 Å². The maximum Gasteiger partial charge on any atom is 0.326 e. The molecule has 5 nitrogen and oxygen atoms in total. The largest absolute Gasteiger partial charge is 0.326 e. The van der Waals surface area contributed by atoms with Crippen LogP contribution in [-0.2, 0) is 6.42 Å². The van der Waals surface area contributed by atoms with Crippen LogP contribution >= 0.6 is 0 Å². The van der Waals surface area contributed by atoms with Crippen molar-refractivity contribution >= 4 is 11.7 Å². The molecule has 0 radical (unpaired) electrons. The molecule has 2 aliphatic rings. The van der Waals surface area contributed by atoms with Crippen LogP contribution in [0.15, 0.2) is 30.5 Å². The van der Waals surface area contributed by atoms with Gasteiger partial charge >= 0.3 is 6.03 Å². The SMILES string of the molecule is C=C1CCN(c2ccc(CCN3CCN(CC(C)C)CC3)cc2C)C(=O)N1. The van der Waals surface area contributed by atoms with Gasteiger partial charge in [-0.2, -0.15) is 0 Å². The lowest BCUT2D eigenvalue weighted by atomic mass is 10.1. The van der Waals surface area contributed by atoms with E-state index in [0.29, 0.717) is 6.54 Å². The van der Waals surface area contributed by atoms with Crippen LogP contribution in [0.5, 0.6) is 0 Å². The van der Waals surface area contributed by atoms with E-state index in [1.807, 2.05) is 4.90 Å². The topological polar surface area (TPSA) is 38.8 Å². The molecule has 2 fully saturated rings. The minimum absolute atomic E-state index is 0.0682. The van der Waals surface area contributed by atoms with Crippen molar-refractivity contribution in [3.8, 4) is 0 Å². The van der Waals surface area contributed by atoms with Crippen molar-refractivity contribution < 1.29 is 4.79 Å². The molecule has 3 rings (SSSR count). The molecular formula is C22H34N4O. The predicted octanol–water partition coefficient (Wildman–Crippen LogP) is 3.24. The Balaban J connectivity index is 1.51. The van der Waals surface area contributed by atoms with Crippen LogP contribution in [0.3, 0.4) is 0 Å². The Morgan fingerprint density at radius 3 is 2.44 bits per heavy atom. The number of nitrogens with zero attached hydrogens (tertiary/aromatic N) is 3. The second kappa shape index (κ2) is 8.89. The van der Waals surface area contributed by atoms with Crippen molar-refractivity contribution in [1.82, 2.24) is 15.1 Å². The van der Waals surface area contributed by atoms with Crippen LogP contribution in [-0.4, -0.2) is 61.6 Å². The van der Waals surface area contributed by atoms with Gasteiger partial charge in [-0.25, -0.2) is 4.79 Å². The molecule has 0 saturated carbocycles. The number of anilines is 1. The Kier molecular flexibility index (Phi) is 6.55. The first-order valence-electron chi connectivity index (χ1n) is 10.2. The summed E-state index contributed by atoms with van der Waals surface area (Å²) in [5.41, 5.74) is 4.32. The lowest BCUT2D eigenvalue weighted by molar-refractivity contribution is 0.123. The Bertz CT molecular complexity index is 677. The molecule has 2 saturated heterocycles. The van der Waals surface area contributed by atoms with Gasteiger partial charge in [-0.1, -0.05) is 32.6 Å². The van der Waals surface area contributed by atoms with Gasteiger partial charge in [-0.05, 0) is 36.5 Å². The number of rotatable bonds is 6. The number of urea groups is 1. The summed E-state index contributed by atoms with van der Waals surface area (Å²) in [6.45, 7) is 18.3. The standard InChI is InChI=1S/C22H34N4O/c1-17(2)16-25-13-11-24(12-14-25)9-8-20-5-6-21(18(3)15-20)26-10-7-19(4)23-22(26)27/h5-6,15,17H,4,7-14,16H2,1-3H3,(H,23,27). The van der Waals surface area contributed by atoms with E-state index in [1.54, 1.807) is 0 Å². The average Bonchev–Trinajstić information content (AvgIpc) is 2.61. The molecule has 2 aliphatic heterocycles. The van der Waals surface area contributed by atoms with Crippen molar-refractivity contribution in [2.45, 2.75) is 33.6 Å². The summed E-state index contributed by atoms with van der Waals surface area (Å²) in [4.78, 5) is 19.2. The zero-order valence-electron chi connectivity index (χ0n) is 17.1. The Hall–Kier alpha value is -1.85. The second-order valence-corrected chi connectivity index (χ2v) is 8.34. The predicted molar refractivity (Wildman–Crippen MR) is 112 cm³/mol. The highest BCUT2D eigenvalue weighted by atomic mass is 16.2. The van der Waals surface area contributed by atoms with E-state index in [2.05, 4.69) is 60.7 Å². The van der Waals surface area contributed by atoms with Gasteiger partial charge in [0.2, 0.25) is 0 Å². The maximum absolute atomic E-state index is 12.2. The summed E-state index contributed by atoms with van der Waals surface area (Å²) in [7, 11) is 0. The van der Waals surface area contributed by atoms with Crippen molar-refractivity contribution in [1.29, 1.82) is 0 Å². The molecule has 1 aromatic rings. The smallest absolute Gasteiger partial charge is 0.312 e. The van der Waals surface area contributed by atoms with E-state index in [1.165, 1.54) is 38.3 Å². The highest BCUT2D eigenvalue weighted by Gasteiger charge is 2.23. The number of hydrogen-bond donors (Lipinski definition) is 1. The number of carbonyl (C=O) groups excluding carboxylic acids is 1. The molecule has 0 aromatic heterocycles. The maximum atomic E-state index is 12.2. The van der Waals surface area contributed by atoms with E-state index >= 15 is 0 Å². The molecule has 0 atom stereocenters. The van der Waals surface area contributed by atoms with Crippen molar-refractivity contribution in [3.63, 3.8) is 0 Å². The average molecular weight is 371 g/mol. The third-order valence-electron chi connectivity index (χ3n) is 5.52. The van der Waals surface area contributed by atoms with Crippen LogP contribution in [0.25, 0.3) is 0 Å². The molecule has 27 heavy (non-hydrogen) atoms. The lowest BCUT2D eigenvalue weighted by Crippen LogP contribution is -2.47. The van der Waals surface area contributed by atoms with E-state index in [0.717, 1.165) is 42.3 Å². The minimum Gasteiger partial charge on any atom is -0.312 e. The fourth-order valence-corrected chi connectivity index (χ4v) is 4.03. The normalized spacial score (nSPS) is 19.6. The van der Waals surface area contributed by atoms with Gasteiger partial charge in [0, 0.05) is 63.6 Å². The van der Waals surface area contributed by atoms with Crippen molar-refractivity contribution in [3.05, 3.63) is 41.6 Å². The van der Waals surface area contributed by atoms with Gasteiger partial charge < -0.3 is 15.1 Å². The first-order valence-corrected chi connectivity index (χ1v) is 10.2. The van der Waals surface area contributed by atoms with E-state index in [9.17, 15) is 4.79 Å². The molecule has 1 aromatic carbocycles. The molecule has 0 bridgehead atoms. The van der Waals surface area contributed by atoms with E-state index < -0.39 is 0 Å². The van der Waals surface area contributed by atoms with Gasteiger partial charge in [0.1, 0.15) is 0 Å². The second-order valence-electron chi connectivity index (χ2n) is 8.34. The highest BCUT2D eigenvalue weighted by Crippen LogP contribution is 2.24. The summed E-state index contributed by atoms with van der Waals surface area (Å²) < 4.78 is 0. The van der Waals surface area contributed by atoms with Crippen LogP contribution in [0.1, 0.15) is 31.4 Å². The van der Waals surface area contributed by atoms with Gasteiger partial charge in [-0.15, -0.1) is 0 Å². The summed E-state index contributed by atoms with van der Waals surface area (Å²) >= 11 is 0. The third-order valence-corrected chi connectivity index (χ3v) is 5.52. The van der Waals surface area contributed by atoms with Gasteiger partial charge in [0.05, 0.1) is 0 Å². The molecule has 2 heterocycles. The van der Waals surface area contributed by atoms with Crippen LogP contribution in [0.4, 0.5) is 10.5 Å². The molecule has 2 amide bonds. The summed E-state index contributed by atoms with van der Waals surface area (Å²) in [6.07, 6.45) is 1.87. The number of benzene rings is 1. The highest BCUT2D eigenvalue weighted by molar-refractivity contribution is 5.94. The molecule has 0 unspecified atom stereocenters. The van der Waals surface area contributed by atoms with Gasteiger partial charge in [0.25, 0.3) is 0 Å². The van der Waals surface area contributed by atoms with Crippen LogP contribution in [0.2, 0.25) is 0 Å². The summed E-state index contributed by atoms with van der Waals surface area (Å²) in [5, 5.41) is 2.83. The van der Waals surface area contributed by atoms with Crippen molar-refractivity contribution in [2.75, 3.05) is 50.7 Å². The molecule has 1 N–H and O–H groups in total. The summed E-state index contributed by atoms with van der Waals surface area (Å²) in [5.74, 6) is 0.748. The molecule has 148 valence electrons. The number of carbonyl (C=O) groups is 1. The van der Waals surface area contributed by atoms with Crippen LogP contribution < -0.4 is 10.2 Å². The Morgan fingerprint density at radius 1 is 1.11 bits per heavy atom. The monoisotopic (exact) mass is 370 g/mol. The zero-order chi connectivity index (χ0) is 19.4. The number of amides is 2. The van der Waals surface area contributed by atoms with Crippen LogP contribution in [0, 0.1) is 12.8 Å². The quantitative estimate of drug-likeness (QED) is 0.835. The summed E-state index contributed by atoms with van der Waals surface area (Å²) in [6, 6.07) is 6.44. The molecular weight excluding hydrogens is 336 g/mol. The Labute approximate surface area is 164 Å². The Morgan fingerprint density at radius 2 is 1.81 bits per heavy atom. The van der Waals surface area contributed by atoms with Crippen molar-refractivity contribution in [2.24, 2.45) is 5.92 Å². The third kappa shape index (κ3) is 5.33. The lowest BCUT2D eigenvalue weighted by Gasteiger charge is -2.35. The number of nitrogens with one attached hydrogen (secondary N) is 1. The molecule has 5 heteroatoms. The number of piperazine rings is 1. The molecule has 0 spiro atoms. The number of hydrogen-bond acceptors (Lipinski definition) is 3. The molecule has 0 aliphatic carbocycles. The fraction of sp³-hybridized carbons (Fsp3) is 0.591. The fourth-order valence-electron chi connectivity index (χ4n) is 4.03. The minimum atomic E-state index is -0.0682. The van der Waals surface area contributed by atoms with E-state index in [-0.39, 0.29) is 6.03 Å². The van der Waals surface area contributed by atoms with Gasteiger partial charge in [-0.3, -0.25) is 4.90 Å².